The molecule has 2 N–H and O–H groups in total. The Morgan fingerprint density at radius 3 is 2.18 bits per heavy atom. The zero-order valence-corrected chi connectivity index (χ0v) is 8.10. The molecule has 0 aromatic carbocycles. The predicted molar refractivity (Wildman–Crippen MR) is 51.6 cm³/mol. The molecule has 11 heavy (non-hydrogen) atoms. The van der Waals surface area contributed by atoms with Gasteiger partial charge in [-0.05, 0) is 12.8 Å². The van der Waals surface area contributed by atoms with Crippen molar-refractivity contribution in [3.63, 3.8) is 0 Å². The number of hydrogen-bond acceptors (Lipinski definition) is 1. The fourth-order valence-corrected chi connectivity index (χ4v) is 1.35. The van der Waals surface area contributed by atoms with E-state index in [9.17, 15) is 0 Å². The largest absolute Gasteiger partial charge is 0.328 e. The SMILES string of the molecule is CCCCCC[C@@H](N)CCC. The first-order valence-electron chi connectivity index (χ1n) is 5.06. The van der Waals surface area contributed by atoms with Crippen molar-refractivity contribution in [2.75, 3.05) is 0 Å². The summed E-state index contributed by atoms with van der Waals surface area (Å²) in [5, 5.41) is 0. The molecule has 0 aromatic rings. The highest BCUT2D eigenvalue weighted by Gasteiger charge is 1.99. The second kappa shape index (κ2) is 8.06. The summed E-state index contributed by atoms with van der Waals surface area (Å²) in [5.41, 5.74) is 5.87. The standard InChI is InChI=1S/C10H23N/c1-3-5-6-7-9-10(11)8-4-2/h10H,3-9,11H2,1-2H3/t10-/m0/s1. The van der Waals surface area contributed by atoms with E-state index >= 15 is 0 Å². The molecule has 0 aliphatic rings. The van der Waals surface area contributed by atoms with E-state index in [0.717, 1.165) is 0 Å². The summed E-state index contributed by atoms with van der Waals surface area (Å²) in [7, 11) is 0. The average Bonchev–Trinajstić information content (AvgIpc) is 1.99. The molecular weight excluding hydrogens is 134 g/mol. The van der Waals surface area contributed by atoms with Gasteiger partial charge in [-0.3, -0.25) is 0 Å². The van der Waals surface area contributed by atoms with Crippen LogP contribution in [0.4, 0.5) is 0 Å². The van der Waals surface area contributed by atoms with E-state index in [1.54, 1.807) is 0 Å². The summed E-state index contributed by atoms with van der Waals surface area (Å²) in [6.45, 7) is 4.44. The Balaban J connectivity index is 2.97. The molecule has 0 unspecified atom stereocenters. The van der Waals surface area contributed by atoms with E-state index in [-0.39, 0.29) is 0 Å². The van der Waals surface area contributed by atoms with Crippen molar-refractivity contribution in [1.82, 2.24) is 0 Å². The summed E-state index contributed by atoms with van der Waals surface area (Å²) >= 11 is 0. The van der Waals surface area contributed by atoms with Gasteiger partial charge in [-0.2, -0.15) is 0 Å². The van der Waals surface area contributed by atoms with Gasteiger partial charge in [-0.1, -0.05) is 46.0 Å². The van der Waals surface area contributed by atoms with Crippen LogP contribution >= 0.6 is 0 Å². The van der Waals surface area contributed by atoms with Gasteiger partial charge in [-0.25, -0.2) is 0 Å². The second-order valence-electron chi connectivity index (χ2n) is 3.40. The van der Waals surface area contributed by atoms with Gasteiger partial charge in [0, 0.05) is 6.04 Å². The molecular formula is C10H23N. The molecule has 0 bridgehead atoms. The van der Waals surface area contributed by atoms with Gasteiger partial charge in [0.15, 0.2) is 0 Å². The van der Waals surface area contributed by atoms with Crippen LogP contribution in [-0.4, -0.2) is 6.04 Å². The summed E-state index contributed by atoms with van der Waals surface area (Å²) in [4.78, 5) is 0. The van der Waals surface area contributed by atoms with Crippen LogP contribution in [0.3, 0.4) is 0 Å². The maximum absolute atomic E-state index is 5.87. The average molecular weight is 157 g/mol. The molecule has 0 fully saturated rings. The summed E-state index contributed by atoms with van der Waals surface area (Å²) in [6, 6.07) is 0.469. The van der Waals surface area contributed by atoms with Gasteiger partial charge in [0.05, 0.1) is 0 Å². The van der Waals surface area contributed by atoms with Crippen LogP contribution in [0.1, 0.15) is 58.8 Å². The molecule has 0 radical (unpaired) electrons. The highest BCUT2D eigenvalue weighted by atomic mass is 14.6. The first-order valence-corrected chi connectivity index (χ1v) is 5.06. The van der Waals surface area contributed by atoms with E-state index in [2.05, 4.69) is 13.8 Å². The van der Waals surface area contributed by atoms with Gasteiger partial charge >= 0.3 is 0 Å². The van der Waals surface area contributed by atoms with Crippen molar-refractivity contribution in [1.29, 1.82) is 0 Å². The van der Waals surface area contributed by atoms with Gasteiger partial charge in [-0.15, -0.1) is 0 Å². The fourth-order valence-electron chi connectivity index (χ4n) is 1.35. The minimum atomic E-state index is 0.469. The Kier molecular flexibility index (Phi) is 8.03. The predicted octanol–water partition coefficient (Wildman–Crippen LogP) is 3.08. The first-order chi connectivity index (χ1) is 5.31. The third-order valence-electron chi connectivity index (χ3n) is 2.09. The van der Waals surface area contributed by atoms with Crippen LogP contribution in [-0.2, 0) is 0 Å². The quantitative estimate of drug-likeness (QED) is 0.565. The normalized spacial score (nSPS) is 13.4. The van der Waals surface area contributed by atoms with E-state index < -0.39 is 0 Å². The molecule has 0 spiro atoms. The van der Waals surface area contributed by atoms with Crippen molar-refractivity contribution in [2.24, 2.45) is 5.73 Å². The Labute approximate surface area is 71.4 Å². The van der Waals surface area contributed by atoms with Gasteiger partial charge in [0.2, 0.25) is 0 Å². The summed E-state index contributed by atoms with van der Waals surface area (Å²) in [5.74, 6) is 0. The van der Waals surface area contributed by atoms with Gasteiger partial charge in [0.1, 0.15) is 0 Å². The highest BCUT2D eigenvalue weighted by molar-refractivity contribution is 4.59. The highest BCUT2D eigenvalue weighted by Crippen LogP contribution is 2.07. The smallest absolute Gasteiger partial charge is 0.00387 e. The van der Waals surface area contributed by atoms with Crippen LogP contribution in [0.5, 0.6) is 0 Å². The lowest BCUT2D eigenvalue weighted by molar-refractivity contribution is 0.517. The lowest BCUT2D eigenvalue weighted by Crippen LogP contribution is -2.18. The minimum absolute atomic E-state index is 0.469. The lowest BCUT2D eigenvalue weighted by Gasteiger charge is -2.08. The van der Waals surface area contributed by atoms with Crippen LogP contribution < -0.4 is 5.73 Å². The maximum Gasteiger partial charge on any atom is 0.00387 e. The van der Waals surface area contributed by atoms with E-state index in [1.807, 2.05) is 0 Å². The van der Waals surface area contributed by atoms with Gasteiger partial charge < -0.3 is 5.73 Å². The molecule has 0 aliphatic carbocycles. The monoisotopic (exact) mass is 157 g/mol. The third kappa shape index (κ3) is 7.86. The number of rotatable bonds is 7. The second-order valence-corrected chi connectivity index (χ2v) is 3.40. The molecule has 0 saturated carbocycles. The Bertz CT molecular complexity index is 71.3. The molecule has 1 atom stereocenters. The van der Waals surface area contributed by atoms with Crippen LogP contribution in [0.2, 0.25) is 0 Å². The zero-order chi connectivity index (χ0) is 8.53. The Morgan fingerprint density at radius 2 is 1.64 bits per heavy atom. The van der Waals surface area contributed by atoms with E-state index in [1.165, 1.54) is 44.9 Å². The van der Waals surface area contributed by atoms with Crippen molar-refractivity contribution in [3.8, 4) is 0 Å². The number of hydrogen-bond donors (Lipinski definition) is 1. The lowest BCUT2D eigenvalue weighted by atomic mass is 10.0. The molecule has 0 amide bonds. The van der Waals surface area contributed by atoms with Gasteiger partial charge in [0.25, 0.3) is 0 Å². The molecule has 0 aromatic heterocycles. The molecule has 0 heterocycles. The molecule has 1 nitrogen and oxygen atoms in total. The van der Waals surface area contributed by atoms with Crippen LogP contribution in [0, 0.1) is 0 Å². The molecule has 0 rings (SSSR count). The Morgan fingerprint density at radius 1 is 0.909 bits per heavy atom. The summed E-state index contributed by atoms with van der Waals surface area (Å²) < 4.78 is 0. The topological polar surface area (TPSA) is 26.0 Å². The van der Waals surface area contributed by atoms with Crippen LogP contribution in [0.25, 0.3) is 0 Å². The third-order valence-corrected chi connectivity index (χ3v) is 2.09. The van der Waals surface area contributed by atoms with Crippen LogP contribution in [0.15, 0.2) is 0 Å². The number of unbranched alkanes of at least 4 members (excludes halogenated alkanes) is 3. The summed E-state index contributed by atoms with van der Waals surface area (Å²) in [6.07, 6.45) is 9.06. The van der Waals surface area contributed by atoms with Crippen molar-refractivity contribution in [2.45, 2.75) is 64.8 Å². The first kappa shape index (κ1) is 11.0. The maximum atomic E-state index is 5.87. The van der Waals surface area contributed by atoms with Crippen molar-refractivity contribution in [3.05, 3.63) is 0 Å². The fraction of sp³-hybridized carbons (Fsp3) is 1.00. The molecule has 1 heteroatoms. The van der Waals surface area contributed by atoms with E-state index in [4.69, 9.17) is 5.73 Å². The zero-order valence-electron chi connectivity index (χ0n) is 8.10. The Hall–Kier alpha value is -0.0400. The van der Waals surface area contributed by atoms with Crippen molar-refractivity contribution < 1.29 is 0 Å². The molecule has 68 valence electrons. The molecule has 0 aliphatic heterocycles. The van der Waals surface area contributed by atoms with E-state index in [0.29, 0.717) is 6.04 Å². The molecule has 0 saturated heterocycles. The van der Waals surface area contributed by atoms with Crippen molar-refractivity contribution >= 4 is 0 Å². The minimum Gasteiger partial charge on any atom is -0.328 e. The number of nitrogens with two attached hydrogens (primary N) is 1.